The molecule has 1 aliphatic rings. The monoisotopic (exact) mass is 377 g/mol. The smallest absolute Gasteiger partial charge is 0.227 e. The molecule has 0 radical (unpaired) electrons. The molecular weight excluding hydrogens is 350 g/mol. The summed E-state index contributed by atoms with van der Waals surface area (Å²) in [5.41, 5.74) is 0.580. The molecule has 0 aliphatic carbocycles. The highest BCUT2D eigenvalue weighted by molar-refractivity contribution is 6.01. The molecule has 3 amide bonds. The summed E-state index contributed by atoms with van der Waals surface area (Å²) in [5.74, 6) is 0.204. The van der Waals surface area contributed by atoms with Crippen molar-refractivity contribution in [2.24, 2.45) is 5.92 Å². The van der Waals surface area contributed by atoms with Gasteiger partial charge in [0.05, 0.1) is 25.8 Å². The van der Waals surface area contributed by atoms with Crippen molar-refractivity contribution in [2.45, 2.75) is 26.2 Å². The van der Waals surface area contributed by atoms with Gasteiger partial charge in [-0.1, -0.05) is 6.92 Å². The summed E-state index contributed by atoms with van der Waals surface area (Å²) in [6, 6.07) is 5.19. The van der Waals surface area contributed by atoms with Gasteiger partial charge in [0.15, 0.2) is 0 Å². The maximum absolute atomic E-state index is 12.4. The Labute approximate surface area is 159 Å². The van der Waals surface area contributed by atoms with Crippen molar-refractivity contribution in [1.29, 1.82) is 0 Å². The average molecular weight is 377 g/mol. The molecule has 0 bridgehead atoms. The molecule has 1 unspecified atom stereocenters. The predicted molar refractivity (Wildman–Crippen MR) is 101 cm³/mol. The Morgan fingerprint density at radius 3 is 2.63 bits per heavy atom. The van der Waals surface area contributed by atoms with Gasteiger partial charge in [0.2, 0.25) is 17.7 Å². The van der Waals surface area contributed by atoms with E-state index in [0.29, 0.717) is 23.7 Å². The number of carbonyl (C=O) groups is 3. The molecule has 0 spiro atoms. The van der Waals surface area contributed by atoms with Crippen LogP contribution in [0.3, 0.4) is 0 Å². The van der Waals surface area contributed by atoms with Crippen molar-refractivity contribution in [3.05, 3.63) is 18.2 Å². The first kappa shape index (κ1) is 20.5. The van der Waals surface area contributed by atoms with E-state index in [1.165, 1.54) is 7.11 Å². The van der Waals surface area contributed by atoms with E-state index in [9.17, 15) is 14.4 Å². The highest BCUT2D eigenvalue weighted by Gasteiger charge is 2.36. The van der Waals surface area contributed by atoms with Gasteiger partial charge in [-0.05, 0) is 18.6 Å². The molecule has 1 atom stereocenters. The Morgan fingerprint density at radius 1 is 1.19 bits per heavy atom. The lowest BCUT2D eigenvalue weighted by atomic mass is 10.1. The Balaban J connectivity index is 1.95. The minimum Gasteiger partial charge on any atom is -0.497 e. The van der Waals surface area contributed by atoms with Crippen LogP contribution in [0.25, 0.3) is 0 Å². The SMILES string of the molecule is CCCNC(=O)CCNC(=O)C1CC(=O)N(c2cc(OC)ccc2OC)C1. The number of ether oxygens (including phenoxy) is 2. The van der Waals surface area contributed by atoms with Gasteiger partial charge in [0, 0.05) is 38.5 Å². The molecule has 8 heteroatoms. The van der Waals surface area contributed by atoms with Gasteiger partial charge in [-0.25, -0.2) is 0 Å². The van der Waals surface area contributed by atoms with Crippen LogP contribution in [-0.4, -0.2) is 51.6 Å². The molecule has 0 saturated carbocycles. The second-order valence-corrected chi connectivity index (χ2v) is 6.33. The number of benzene rings is 1. The quantitative estimate of drug-likeness (QED) is 0.671. The normalized spacial score (nSPS) is 16.2. The van der Waals surface area contributed by atoms with Gasteiger partial charge in [0.1, 0.15) is 11.5 Å². The average Bonchev–Trinajstić information content (AvgIpc) is 3.07. The van der Waals surface area contributed by atoms with E-state index in [4.69, 9.17) is 9.47 Å². The lowest BCUT2D eigenvalue weighted by Gasteiger charge is -2.20. The van der Waals surface area contributed by atoms with E-state index in [2.05, 4.69) is 10.6 Å². The van der Waals surface area contributed by atoms with E-state index < -0.39 is 5.92 Å². The number of nitrogens with one attached hydrogen (secondary N) is 2. The predicted octanol–water partition coefficient (Wildman–Crippen LogP) is 1.09. The van der Waals surface area contributed by atoms with E-state index >= 15 is 0 Å². The minimum atomic E-state index is -0.466. The summed E-state index contributed by atoms with van der Waals surface area (Å²) < 4.78 is 10.5. The number of nitrogens with zero attached hydrogens (tertiary/aromatic N) is 1. The van der Waals surface area contributed by atoms with Crippen LogP contribution in [0.4, 0.5) is 5.69 Å². The molecule has 148 valence electrons. The van der Waals surface area contributed by atoms with Crippen LogP contribution < -0.4 is 25.0 Å². The standard InChI is InChI=1S/C19H27N3O5/c1-4-8-20-17(23)7-9-21-19(25)13-10-18(24)22(12-13)15-11-14(26-2)5-6-16(15)27-3/h5-6,11,13H,4,7-10,12H2,1-3H3,(H,20,23)(H,21,25). The van der Waals surface area contributed by atoms with Gasteiger partial charge in [-0.2, -0.15) is 0 Å². The van der Waals surface area contributed by atoms with Crippen molar-refractivity contribution in [2.75, 3.05) is 38.8 Å². The fourth-order valence-electron chi connectivity index (χ4n) is 2.92. The summed E-state index contributed by atoms with van der Waals surface area (Å²) in [6.07, 6.45) is 1.21. The molecule has 1 aliphatic heterocycles. The molecule has 2 rings (SSSR count). The van der Waals surface area contributed by atoms with Gasteiger partial charge < -0.3 is 25.0 Å². The van der Waals surface area contributed by atoms with E-state index in [-0.39, 0.29) is 43.7 Å². The van der Waals surface area contributed by atoms with Crippen LogP contribution in [0.2, 0.25) is 0 Å². The summed E-state index contributed by atoms with van der Waals surface area (Å²) >= 11 is 0. The number of anilines is 1. The minimum absolute atomic E-state index is 0.0950. The third-order valence-corrected chi connectivity index (χ3v) is 4.40. The number of hydrogen-bond acceptors (Lipinski definition) is 5. The number of rotatable bonds is 9. The third kappa shape index (κ3) is 5.35. The second kappa shape index (κ2) is 9.80. The van der Waals surface area contributed by atoms with Crippen LogP contribution in [0.5, 0.6) is 11.5 Å². The first-order valence-electron chi connectivity index (χ1n) is 9.07. The summed E-state index contributed by atoms with van der Waals surface area (Å²) in [5, 5.41) is 5.50. The van der Waals surface area contributed by atoms with Gasteiger partial charge >= 0.3 is 0 Å². The number of methoxy groups -OCH3 is 2. The third-order valence-electron chi connectivity index (χ3n) is 4.40. The Kier molecular flexibility index (Phi) is 7.45. The second-order valence-electron chi connectivity index (χ2n) is 6.33. The molecule has 1 aromatic carbocycles. The summed E-state index contributed by atoms with van der Waals surface area (Å²) in [4.78, 5) is 37.9. The zero-order valence-electron chi connectivity index (χ0n) is 16.0. The molecule has 2 N–H and O–H groups in total. The van der Waals surface area contributed by atoms with E-state index in [1.807, 2.05) is 6.92 Å². The van der Waals surface area contributed by atoms with E-state index in [0.717, 1.165) is 6.42 Å². The van der Waals surface area contributed by atoms with Crippen molar-refractivity contribution in [3.8, 4) is 11.5 Å². The van der Waals surface area contributed by atoms with Crippen molar-refractivity contribution < 1.29 is 23.9 Å². The first-order chi connectivity index (χ1) is 13.0. The Bertz CT molecular complexity index is 692. The maximum atomic E-state index is 12.4. The van der Waals surface area contributed by atoms with Crippen molar-refractivity contribution in [3.63, 3.8) is 0 Å². The van der Waals surface area contributed by atoms with Crippen molar-refractivity contribution in [1.82, 2.24) is 10.6 Å². The summed E-state index contributed by atoms with van der Waals surface area (Å²) in [7, 11) is 3.07. The van der Waals surface area contributed by atoms with Gasteiger partial charge in [-0.15, -0.1) is 0 Å². The highest BCUT2D eigenvalue weighted by Crippen LogP contribution is 2.36. The molecule has 1 aromatic rings. The summed E-state index contributed by atoms with van der Waals surface area (Å²) in [6.45, 7) is 3.11. The molecule has 1 heterocycles. The molecule has 1 fully saturated rings. The number of hydrogen-bond donors (Lipinski definition) is 2. The van der Waals surface area contributed by atoms with E-state index in [1.54, 1.807) is 30.2 Å². The van der Waals surface area contributed by atoms with Crippen molar-refractivity contribution >= 4 is 23.4 Å². The van der Waals surface area contributed by atoms with Crippen LogP contribution in [0.15, 0.2) is 18.2 Å². The van der Waals surface area contributed by atoms with Crippen LogP contribution in [0.1, 0.15) is 26.2 Å². The number of carbonyl (C=O) groups excluding carboxylic acids is 3. The molecule has 27 heavy (non-hydrogen) atoms. The fourth-order valence-corrected chi connectivity index (χ4v) is 2.92. The molecule has 8 nitrogen and oxygen atoms in total. The topological polar surface area (TPSA) is 97.0 Å². The lowest BCUT2D eigenvalue weighted by Crippen LogP contribution is -2.35. The van der Waals surface area contributed by atoms with Crippen LogP contribution >= 0.6 is 0 Å². The molecular formula is C19H27N3O5. The lowest BCUT2D eigenvalue weighted by molar-refractivity contribution is -0.126. The zero-order valence-corrected chi connectivity index (χ0v) is 16.0. The molecule has 1 saturated heterocycles. The van der Waals surface area contributed by atoms with Gasteiger partial charge in [-0.3, -0.25) is 14.4 Å². The van der Waals surface area contributed by atoms with Gasteiger partial charge in [0.25, 0.3) is 0 Å². The first-order valence-corrected chi connectivity index (χ1v) is 9.07. The number of amides is 3. The highest BCUT2D eigenvalue weighted by atomic mass is 16.5. The zero-order chi connectivity index (χ0) is 19.8. The fraction of sp³-hybridized carbons (Fsp3) is 0.526. The van der Waals surface area contributed by atoms with Crippen LogP contribution in [0, 0.1) is 5.92 Å². The Hall–Kier alpha value is -2.77. The largest absolute Gasteiger partial charge is 0.497 e. The molecule has 0 aromatic heterocycles. The Morgan fingerprint density at radius 2 is 1.96 bits per heavy atom. The maximum Gasteiger partial charge on any atom is 0.227 e. The van der Waals surface area contributed by atoms with Crippen LogP contribution in [-0.2, 0) is 14.4 Å².